The molecule has 1 aromatic rings. The van der Waals surface area contributed by atoms with Crippen molar-refractivity contribution in [3.05, 3.63) is 18.2 Å². The molecule has 0 bridgehead atoms. The van der Waals surface area contributed by atoms with Crippen LogP contribution in [0.2, 0.25) is 0 Å². The molecule has 6 heteroatoms. The van der Waals surface area contributed by atoms with Crippen LogP contribution in [0.15, 0.2) is 18.2 Å². The molecule has 6 nitrogen and oxygen atoms in total. The van der Waals surface area contributed by atoms with E-state index in [4.69, 9.17) is 9.47 Å². The van der Waals surface area contributed by atoms with Gasteiger partial charge in [0.2, 0.25) is 5.91 Å². The minimum Gasteiger partial charge on any atom is -0.497 e. The smallest absolute Gasteiger partial charge is 0.241 e. The normalized spacial score (nSPS) is 20.9. The van der Waals surface area contributed by atoms with Crippen molar-refractivity contribution in [2.45, 2.75) is 51.1 Å². The average molecular weight is 376 g/mol. The molecule has 2 aliphatic rings. The topological polar surface area (TPSA) is 54.0 Å². The zero-order chi connectivity index (χ0) is 19.2. The van der Waals surface area contributed by atoms with Crippen LogP contribution in [0.5, 0.6) is 11.5 Å². The lowest BCUT2D eigenvalue weighted by Gasteiger charge is -2.41. The third-order valence-corrected chi connectivity index (χ3v) is 6.00. The number of hydrogen-bond donors (Lipinski definition) is 1. The van der Waals surface area contributed by atoms with Crippen LogP contribution in [-0.2, 0) is 4.79 Å². The fourth-order valence-electron chi connectivity index (χ4n) is 4.24. The van der Waals surface area contributed by atoms with E-state index in [2.05, 4.69) is 15.1 Å². The molecule has 0 aliphatic carbocycles. The molecule has 0 spiro atoms. The number of hydrogen-bond acceptors (Lipinski definition) is 5. The third-order valence-electron chi connectivity index (χ3n) is 6.00. The highest BCUT2D eigenvalue weighted by molar-refractivity contribution is 5.96. The van der Waals surface area contributed by atoms with Crippen molar-refractivity contribution in [1.82, 2.24) is 9.80 Å². The van der Waals surface area contributed by atoms with Crippen molar-refractivity contribution in [2.24, 2.45) is 0 Å². The van der Waals surface area contributed by atoms with Crippen molar-refractivity contribution in [3.8, 4) is 11.5 Å². The van der Waals surface area contributed by atoms with Gasteiger partial charge in [-0.1, -0.05) is 6.42 Å². The Hall–Kier alpha value is -1.79. The van der Waals surface area contributed by atoms with Crippen LogP contribution in [0.1, 0.15) is 39.0 Å². The Bertz CT molecular complexity index is 623. The summed E-state index contributed by atoms with van der Waals surface area (Å²) in [6, 6.07) is 5.96. The van der Waals surface area contributed by atoms with E-state index in [1.165, 1.54) is 32.4 Å². The molecule has 2 saturated heterocycles. The molecule has 0 aromatic heterocycles. The van der Waals surface area contributed by atoms with Gasteiger partial charge in [0, 0.05) is 25.2 Å². The van der Waals surface area contributed by atoms with Crippen LogP contribution in [0, 0.1) is 0 Å². The Kier molecular flexibility index (Phi) is 6.96. The summed E-state index contributed by atoms with van der Waals surface area (Å²) < 4.78 is 10.6. The van der Waals surface area contributed by atoms with Gasteiger partial charge in [0.05, 0.1) is 25.9 Å². The maximum atomic E-state index is 12.8. The molecule has 1 aromatic carbocycles. The van der Waals surface area contributed by atoms with Crippen LogP contribution >= 0.6 is 0 Å². The lowest BCUT2D eigenvalue weighted by Crippen LogP contribution is -2.51. The predicted molar refractivity (Wildman–Crippen MR) is 108 cm³/mol. The van der Waals surface area contributed by atoms with Gasteiger partial charge in [-0.25, -0.2) is 0 Å². The summed E-state index contributed by atoms with van der Waals surface area (Å²) >= 11 is 0. The monoisotopic (exact) mass is 375 g/mol. The standard InChI is InChI=1S/C21H33N3O3/c1-16(21(25)22-19-15-18(26-2)7-8-20(19)27-3)23-13-9-17(10-14-23)24-11-5-4-6-12-24/h7-8,15-17H,4-6,9-14H2,1-3H3,(H,22,25). The van der Waals surface area contributed by atoms with Crippen molar-refractivity contribution < 1.29 is 14.3 Å². The van der Waals surface area contributed by atoms with E-state index in [1.54, 1.807) is 20.3 Å². The molecular weight excluding hydrogens is 342 g/mol. The van der Waals surface area contributed by atoms with Crippen LogP contribution in [0.3, 0.4) is 0 Å². The Morgan fingerprint density at radius 3 is 2.41 bits per heavy atom. The number of piperidine rings is 2. The number of carbonyl (C=O) groups excluding carboxylic acids is 1. The highest BCUT2D eigenvalue weighted by Gasteiger charge is 2.30. The van der Waals surface area contributed by atoms with E-state index >= 15 is 0 Å². The zero-order valence-electron chi connectivity index (χ0n) is 16.9. The number of nitrogens with zero attached hydrogens (tertiary/aromatic N) is 2. The molecule has 1 amide bonds. The maximum absolute atomic E-state index is 12.8. The number of amides is 1. The van der Waals surface area contributed by atoms with Crippen LogP contribution in [-0.4, -0.2) is 68.2 Å². The third kappa shape index (κ3) is 4.93. The first kappa shape index (κ1) is 20.0. The van der Waals surface area contributed by atoms with E-state index in [0.29, 0.717) is 23.2 Å². The second-order valence-electron chi connectivity index (χ2n) is 7.60. The quantitative estimate of drug-likeness (QED) is 0.828. The lowest BCUT2D eigenvalue weighted by molar-refractivity contribution is -0.121. The van der Waals surface area contributed by atoms with Gasteiger partial charge in [-0.2, -0.15) is 0 Å². The second kappa shape index (κ2) is 9.42. The van der Waals surface area contributed by atoms with Gasteiger partial charge in [-0.05, 0) is 57.8 Å². The highest BCUT2D eigenvalue weighted by Crippen LogP contribution is 2.29. The van der Waals surface area contributed by atoms with Crippen molar-refractivity contribution in [1.29, 1.82) is 0 Å². The summed E-state index contributed by atoms with van der Waals surface area (Å²) in [6.07, 6.45) is 6.35. The minimum atomic E-state index is -0.164. The van der Waals surface area contributed by atoms with Crippen LogP contribution in [0.25, 0.3) is 0 Å². The number of anilines is 1. The molecule has 3 rings (SSSR count). The fourth-order valence-corrected chi connectivity index (χ4v) is 4.24. The molecule has 27 heavy (non-hydrogen) atoms. The number of rotatable bonds is 6. The maximum Gasteiger partial charge on any atom is 0.241 e. The molecular formula is C21H33N3O3. The SMILES string of the molecule is COc1ccc(OC)c(NC(=O)C(C)N2CCC(N3CCCCC3)CC2)c1. The fraction of sp³-hybridized carbons (Fsp3) is 0.667. The number of carbonyl (C=O) groups is 1. The van der Waals surface area contributed by atoms with Crippen LogP contribution in [0.4, 0.5) is 5.69 Å². The summed E-state index contributed by atoms with van der Waals surface area (Å²) in [4.78, 5) is 17.8. The largest absolute Gasteiger partial charge is 0.497 e. The first-order chi connectivity index (χ1) is 13.1. The molecule has 2 heterocycles. The van der Waals surface area contributed by atoms with Gasteiger partial charge in [0.1, 0.15) is 11.5 Å². The van der Waals surface area contributed by atoms with Gasteiger partial charge in [-0.3, -0.25) is 9.69 Å². The average Bonchev–Trinajstić information content (AvgIpc) is 2.73. The number of nitrogens with one attached hydrogen (secondary N) is 1. The first-order valence-electron chi connectivity index (χ1n) is 10.1. The van der Waals surface area contributed by atoms with Gasteiger partial charge in [-0.15, -0.1) is 0 Å². The first-order valence-corrected chi connectivity index (χ1v) is 10.1. The molecule has 2 fully saturated rings. The van der Waals surface area contributed by atoms with Crippen LogP contribution < -0.4 is 14.8 Å². The molecule has 1 atom stereocenters. The predicted octanol–water partition coefficient (Wildman–Crippen LogP) is 2.98. The van der Waals surface area contributed by atoms with E-state index in [1.807, 2.05) is 19.1 Å². The molecule has 150 valence electrons. The molecule has 1 N–H and O–H groups in total. The van der Waals surface area contributed by atoms with E-state index < -0.39 is 0 Å². The molecule has 1 unspecified atom stereocenters. The van der Waals surface area contributed by atoms with Crippen molar-refractivity contribution in [2.75, 3.05) is 45.7 Å². The van der Waals surface area contributed by atoms with Gasteiger partial charge in [0.25, 0.3) is 0 Å². The summed E-state index contributed by atoms with van der Waals surface area (Å²) in [5, 5.41) is 3.01. The van der Waals surface area contributed by atoms with Crippen molar-refractivity contribution in [3.63, 3.8) is 0 Å². The summed E-state index contributed by atoms with van der Waals surface area (Å²) in [6.45, 7) is 6.44. The number of methoxy groups -OCH3 is 2. The van der Waals surface area contributed by atoms with E-state index in [-0.39, 0.29) is 11.9 Å². The van der Waals surface area contributed by atoms with Crippen molar-refractivity contribution >= 4 is 11.6 Å². The number of ether oxygens (including phenoxy) is 2. The summed E-state index contributed by atoms with van der Waals surface area (Å²) in [7, 11) is 3.22. The van der Waals surface area contributed by atoms with E-state index in [9.17, 15) is 4.79 Å². The molecule has 0 radical (unpaired) electrons. The Labute approximate surface area is 162 Å². The van der Waals surface area contributed by atoms with Gasteiger partial charge in [0.15, 0.2) is 0 Å². The minimum absolute atomic E-state index is 0.00187. The zero-order valence-corrected chi connectivity index (χ0v) is 16.9. The van der Waals surface area contributed by atoms with E-state index in [0.717, 1.165) is 25.9 Å². The number of likely N-dealkylation sites (tertiary alicyclic amines) is 2. The Morgan fingerprint density at radius 2 is 1.78 bits per heavy atom. The summed E-state index contributed by atoms with van der Waals surface area (Å²) in [5.41, 5.74) is 0.650. The van der Waals surface area contributed by atoms with Gasteiger partial charge >= 0.3 is 0 Å². The number of benzene rings is 1. The van der Waals surface area contributed by atoms with Gasteiger partial charge < -0.3 is 19.7 Å². The summed E-state index contributed by atoms with van der Waals surface area (Å²) in [5.74, 6) is 1.33. The molecule has 0 saturated carbocycles. The molecule has 2 aliphatic heterocycles. The lowest BCUT2D eigenvalue weighted by atomic mass is 9.99. The highest BCUT2D eigenvalue weighted by atomic mass is 16.5. The Balaban J connectivity index is 1.55. The second-order valence-corrected chi connectivity index (χ2v) is 7.60. The Morgan fingerprint density at radius 1 is 1.07 bits per heavy atom.